The molecular formula is C37H26N2. The minimum atomic E-state index is 1.18. The lowest BCUT2D eigenvalue weighted by molar-refractivity contribution is 1.16. The van der Waals surface area contributed by atoms with E-state index in [-0.39, 0.29) is 0 Å². The van der Waals surface area contributed by atoms with Gasteiger partial charge in [-0.3, -0.25) is 0 Å². The van der Waals surface area contributed by atoms with Crippen molar-refractivity contribution in [2.45, 2.75) is 6.92 Å². The predicted octanol–water partition coefficient (Wildman–Crippen LogP) is 9.86. The first-order valence-corrected chi connectivity index (χ1v) is 13.5. The molecule has 8 aromatic rings. The van der Waals surface area contributed by atoms with Crippen LogP contribution in [0.1, 0.15) is 5.56 Å². The van der Waals surface area contributed by atoms with Crippen LogP contribution in [0.25, 0.3) is 66.1 Å². The highest BCUT2D eigenvalue weighted by molar-refractivity contribution is 6.11. The molecule has 2 nitrogen and oxygen atoms in total. The number of benzene rings is 6. The average Bonchev–Trinajstić information content (AvgIpc) is 3.49. The molecule has 0 unspecified atom stereocenters. The van der Waals surface area contributed by atoms with Crippen molar-refractivity contribution >= 4 is 43.6 Å². The fourth-order valence-electron chi connectivity index (χ4n) is 6.31. The van der Waals surface area contributed by atoms with Gasteiger partial charge in [0.05, 0.1) is 33.4 Å². The molecule has 0 bridgehead atoms. The Labute approximate surface area is 227 Å². The lowest BCUT2D eigenvalue weighted by atomic mass is 10.0. The summed E-state index contributed by atoms with van der Waals surface area (Å²) in [5.41, 5.74) is 10.9. The summed E-state index contributed by atoms with van der Waals surface area (Å²) in [5, 5.41) is 5.10. The third-order valence-electron chi connectivity index (χ3n) is 7.99. The molecule has 8 rings (SSSR count). The van der Waals surface area contributed by atoms with Gasteiger partial charge in [0, 0.05) is 32.7 Å². The van der Waals surface area contributed by atoms with Gasteiger partial charge in [0.2, 0.25) is 0 Å². The summed E-state index contributed by atoms with van der Waals surface area (Å²) in [6, 6.07) is 50.6. The number of nitrogens with zero attached hydrogens (tertiary/aromatic N) is 2. The number of para-hydroxylation sites is 5. The third kappa shape index (κ3) is 3.22. The van der Waals surface area contributed by atoms with E-state index in [1.54, 1.807) is 0 Å². The van der Waals surface area contributed by atoms with Gasteiger partial charge in [-0.25, -0.2) is 0 Å². The molecule has 0 fully saturated rings. The molecule has 0 aliphatic carbocycles. The van der Waals surface area contributed by atoms with E-state index in [0.717, 1.165) is 0 Å². The molecule has 0 spiro atoms. The molecular weight excluding hydrogens is 472 g/mol. The molecule has 184 valence electrons. The first-order chi connectivity index (χ1) is 19.3. The van der Waals surface area contributed by atoms with Crippen LogP contribution in [0.4, 0.5) is 0 Å². The van der Waals surface area contributed by atoms with E-state index in [0.29, 0.717) is 0 Å². The zero-order chi connectivity index (χ0) is 25.9. The van der Waals surface area contributed by atoms with Crippen molar-refractivity contribution in [1.82, 2.24) is 9.13 Å². The summed E-state index contributed by atoms with van der Waals surface area (Å²) in [4.78, 5) is 0. The second-order valence-electron chi connectivity index (χ2n) is 10.3. The van der Waals surface area contributed by atoms with E-state index in [4.69, 9.17) is 0 Å². The fourth-order valence-corrected chi connectivity index (χ4v) is 6.31. The second kappa shape index (κ2) is 8.47. The van der Waals surface area contributed by atoms with Crippen molar-refractivity contribution in [3.8, 4) is 22.5 Å². The molecule has 6 aromatic carbocycles. The van der Waals surface area contributed by atoms with E-state index in [2.05, 4.69) is 156 Å². The smallest absolute Gasteiger partial charge is 0.0543 e. The molecule has 0 atom stereocenters. The van der Waals surface area contributed by atoms with Crippen LogP contribution in [0.2, 0.25) is 0 Å². The zero-order valence-corrected chi connectivity index (χ0v) is 21.7. The summed E-state index contributed by atoms with van der Waals surface area (Å²) in [5.74, 6) is 0. The summed E-state index contributed by atoms with van der Waals surface area (Å²) >= 11 is 0. The monoisotopic (exact) mass is 498 g/mol. The summed E-state index contributed by atoms with van der Waals surface area (Å²) in [7, 11) is 0. The molecule has 0 saturated heterocycles. The van der Waals surface area contributed by atoms with Gasteiger partial charge in [-0.1, -0.05) is 103 Å². The van der Waals surface area contributed by atoms with Crippen molar-refractivity contribution in [3.05, 3.63) is 145 Å². The number of hydrogen-bond acceptors (Lipinski definition) is 0. The highest BCUT2D eigenvalue weighted by Crippen LogP contribution is 2.40. The molecule has 0 radical (unpaired) electrons. The predicted molar refractivity (Wildman–Crippen MR) is 165 cm³/mol. The molecule has 0 N–H and O–H groups in total. The third-order valence-corrected chi connectivity index (χ3v) is 7.99. The molecule has 2 heteroatoms. The summed E-state index contributed by atoms with van der Waals surface area (Å²) < 4.78 is 4.86. The van der Waals surface area contributed by atoms with Crippen LogP contribution in [-0.2, 0) is 0 Å². The SMILES string of the molecule is Cc1ccc2c3ccccc3n(-c3ccccc3-c3ccccc3-n3c4ccccc4c4ccccc43)c2c1. The quantitative estimate of drug-likeness (QED) is 0.229. The average molecular weight is 499 g/mol. The van der Waals surface area contributed by atoms with Gasteiger partial charge in [-0.2, -0.15) is 0 Å². The Morgan fingerprint density at radius 1 is 0.359 bits per heavy atom. The number of aromatic nitrogens is 2. The van der Waals surface area contributed by atoms with Crippen molar-refractivity contribution in [3.63, 3.8) is 0 Å². The Bertz CT molecular complexity index is 2140. The second-order valence-corrected chi connectivity index (χ2v) is 10.3. The van der Waals surface area contributed by atoms with E-state index in [9.17, 15) is 0 Å². The van der Waals surface area contributed by atoms with Crippen LogP contribution < -0.4 is 0 Å². The molecule has 39 heavy (non-hydrogen) atoms. The van der Waals surface area contributed by atoms with Gasteiger partial charge in [0.1, 0.15) is 0 Å². The maximum Gasteiger partial charge on any atom is 0.0543 e. The largest absolute Gasteiger partial charge is 0.309 e. The normalized spacial score (nSPS) is 11.7. The molecule has 0 aliphatic rings. The number of hydrogen-bond donors (Lipinski definition) is 0. The Morgan fingerprint density at radius 3 is 1.26 bits per heavy atom. The Balaban J connectivity index is 1.47. The van der Waals surface area contributed by atoms with Crippen LogP contribution in [0.15, 0.2) is 140 Å². The maximum absolute atomic E-state index is 2.44. The minimum absolute atomic E-state index is 1.18. The summed E-state index contributed by atoms with van der Waals surface area (Å²) in [6.45, 7) is 2.17. The molecule has 0 aliphatic heterocycles. The van der Waals surface area contributed by atoms with Gasteiger partial charge < -0.3 is 9.13 Å². The lowest BCUT2D eigenvalue weighted by Gasteiger charge is -2.18. The van der Waals surface area contributed by atoms with Crippen molar-refractivity contribution in [2.24, 2.45) is 0 Å². The topological polar surface area (TPSA) is 9.86 Å². The summed E-state index contributed by atoms with van der Waals surface area (Å²) in [6.07, 6.45) is 0. The van der Waals surface area contributed by atoms with E-state index in [1.165, 1.54) is 71.7 Å². The van der Waals surface area contributed by atoms with Crippen LogP contribution in [0.5, 0.6) is 0 Å². The van der Waals surface area contributed by atoms with Gasteiger partial charge in [-0.15, -0.1) is 0 Å². The van der Waals surface area contributed by atoms with Crippen LogP contribution in [0, 0.1) is 6.92 Å². The van der Waals surface area contributed by atoms with Gasteiger partial charge in [-0.05, 0) is 48.9 Å². The minimum Gasteiger partial charge on any atom is -0.309 e. The molecule has 2 aromatic heterocycles. The Morgan fingerprint density at radius 2 is 0.744 bits per heavy atom. The van der Waals surface area contributed by atoms with Gasteiger partial charge >= 0.3 is 0 Å². The standard InChI is InChI=1S/C37H26N2/c1-25-22-23-31-30-16-6-11-21-36(30)39(37(31)24-25)35-20-10-5-15-29(35)28-14-4-9-19-34(28)38-32-17-7-2-12-26(32)27-13-3-8-18-33(27)38/h2-24H,1H3. The first kappa shape index (κ1) is 22.0. The first-order valence-electron chi connectivity index (χ1n) is 13.5. The van der Waals surface area contributed by atoms with Gasteiger partial charge in [0.15, 0.2) is 0 Å². The van der Waals surface area contributed by atoms with E-state index in [1.807, 2.05) is 0 Å². The van der Waals surface area contributed by atoms with Crippen LogP contribution in [-0.4, -0.2) is 9.13 Å². The number of aryl methyl sites for hydroxylation is 1. The van der Waals surface area contributed by atoms with Crippen LogP contribution >= 0.6 is 0 Å². The van der Waals surface area contributed by atoms with E-state index < -0.39 is 0 Å². The number of fused-ring (bicyclic) bond motifs is 6. The van der Waals surface area contributed by atoms with Crippen LogP contribution in [0.3, 0.4) is 0 Å². The number of rotatable bonds is 3. The molecule has 2 heterocycles. The van der Waals surface area contributed by atoms with E-state index >= 15 is 0 Å². The Hall–Kier alpha value is -5.08. The molecule has 0 amide bonds. The van der Waals surface area contributed by atoms with Gasteiger partial charge in [0.25, 0.3) is 0 Å². The van der Waals surface area contributed by atoms with Crippen molar-refractivity contribution in [1.29, 1.82) is 0 Å². The Kier molecular flexibility index (Phi) is 4.77. The molecule has 0 saturated carbocycles. The lowest BCUT2D eigenvalue weighted by Crippen LogP contribution is -2.01. The van der Waals surface area contributed by atoms with Crippen molar-refractivity contribution in [2.75, 3.05) is 0 Å². The fraction of sp³-hybridized carbons (Fsp3) is 0.0270. The maximum atomic E-state index is 2.44. The van der Waals surface area contributed by atoms with Crippen molar-refractivity contribution < 1.29 is 0 Å². The highest BCUT2D eigenvalue weighted by atomic mass is 15.0. The highest BCUT2D eigenvalue weighted by Gasteiger charge is 2.19. The zero-order valence-electron chi connectivity index (χ0n) is 21.7.